The predicted octanol–water partition coefficient (Wildman–Crippen LogP) is 3.75. The van der Waals surface area contributed by atoms with Crippen molar-refractivity contribution >= 4 is 34.5 Å². The number of nitrogens with one attached hydrogen (secondary N) is 1. The van der Waals surface area contributed by atoms with Gasteiger partial charge in [0.25, 0.3) is 0 Å². The highest BCUT2D eigenvalue weighted by molar-refractivity contribution is 7.20. The summed E-state index contributed by atoms with van der Waals surface area (Å²) in [4.78, 5) is 0. The largest absolute Gasteiger partial charge is 0.271 e. The Morgan fingerprint density at radius 2 is 1.94 bits per heavy atom. The topological polar surface area (TPSA) is 38.0 Å². The highest BCUT2D eigenvalue weighted by Crippen LogP contribution is 2.37. The maximum Gasteiger partial charge on any atom is 0.128 e. The van der Waals surface area contributed by atoms with E-state index in [1.54, 1.807) is 24.3 Å². The molecular formula is C11H9Cl2FN2S. The van der Waals surface area contributed by atoms with E-state index in [0.717, 1.165) is 0 Å². The van der Waals surface area contributed by atoms with Gasteiger partial charge in [-0.15, -0.1) is 11.3 Å². The first-order valence-corrected chi connectivity index (χ1v) is 6.36. The summed E-state index contributed by atoms with van der Waals surface area (Å²) in [6, 6.07) is 7.57. The van der Waals surface area contributed by atoms with Crippen molar-refractivity contribution in [1.82, 2.24) is 5.43 Å². The first kappa shape index (κ1) is 12.8. The van der Waals surface area contributed by atoms with Crippen molar-refractivity contribution in [3.05, 3.63) is 55.9 Å². The standard InChI is InChI=1S/C11H9Cl2FN2S/c12-9-5-7(11(13)17-9)10(16-15)6-3-1-2-4-8(6)14/h1-5,10,16H,15H2. The number of benzene rings is 1. The fourth-order valence-corrected chi connectivity index (χ4v) is 3.14. The second-order valence-corrected chi connectivity index (χ2v) is 5.69. The molecule has 0 aliphatic rings. The van der Waals surface area contributed by atoms with E-state index in [4.69, 9.17) is 29.0 Å². The van der Waals surface area contributed by atoms with Gasteiger partial charge >= 0.3 is 0 Å². The van der Waals surface area contributed by atoms with Gasteiger partial charge in [0, 0.05) is 11.1 Å². The summed E-state index contributed by atoms with van der Waals surface area (Å²) in [6.45, 7) is 0. The summed E-state index contributed by atoms with van der Waals surface area (Å²) in [5.41, 5.74) is 3.66. The Morgan fingerprint density at radius 3 is 2.47 bits per heavy atom. The molecule has 2 nitrogen and oxygen atoms in total. The minimum atomic E-state index is -0.507. The number of hydrogen-bond donors (Lipinski definition) is 2. The third-order valence-corrected chi connectivity index (χ3v) is 3.89. The van der Waals surface area contributed by atoms with E-state index >= 15 is 0 Å². The van der Waals surface area contributed by atoms with Crippen LogP contribution in [0.25, 0.3) is 0 Å². The lowest BCUT2D eigenvalue weighted by atomic mass is 10.0. The van der Waals surface area contributed by atoms with Crippen molar-refractivity contribution in [2.24, 2.45) is 5.84 Å². The molecule has 1 heterocycles. The van der Waals surface area contributed by atoms with Gasteiger partial charge in [0.15, 0.2) is 0 Å². The minimum Gasteiger partial charge on any atom is -0.271 e. The molecule has 0 saturated carbocycles. The highest BCUT2D eigenvalue weighted by Gasteiger charge is 2.20. The maximum atomic E-state index is 13.7. The van der Waals surface area contributed by atoms with Crippen LogP contribution in [0.1, 0.15) is 17.2 Å². The number of nitrogens with two attached hydrogens (primary N) is 1. The van der Waals surface area contributed by atoms with E-state index in [2.05, 4.69) is 5.43 Å². The molecule has 3 N–H and O–H groups in total. The molecule has 17 heavy (non-hydrogen) atoms. The summed E-state index contributed by atoms with van der Waals surface area (Å²) in [6.07, 6.45) is 0. The molecule has 2 rings (SSSR count). The molecular weight excluding hydrogens is 282 g/mol. The molecule has 1 aromatic heterocycles. The number of hydrogen-bond acceptors (Lipinski definition) is 3. The van der Waals surface area contributed by atoms with Gasteiger partial charge in [0.2, 0.25) is 0 Å². The van der Waals surface area contributed by atoms with Crippen molar-refractivity contribution in [3.8, 4) is 0 Å². The quantitative estimate of drug-likeness (QED) is 0.667. The van der Waals surface area contributed by atoms with Gasteiger partial charge in [-0.2, -0.15) is 0 Å². The zero-order chi connectivity index (χ0) is 12.4. The van der Waals surface area contributed by atoms with E-state index < -0.39 is 6.04 Å². The van der Waals surface area contributed by atoms with Crippen LogP contribution >= 0.6 is 34.5 Å². The maximum absolute atomic E-state index is 13.7. The molecule has 0 radical (unpaired) electrons. The lowest BCUT2D eigenvalue weighted by Crippen LogP contribution is -2.29. The molecule has 0 spiro atoms. The Balaban J connectivity index is 2.47. The van der Waals surface area contributed by atoms with Crippen molar-refractivity contribution < 1.29 is 4.39 Å². The van der Waals surface area contributed by atoms with Crippen LogP contribution in [0.5, 0.6) is 0 Å². The lowest BCUT2D eigenvalue weighted by Gasteiger charge is -2.16. The Labute approximate surface area is 112 Å². The Bertz CT molecular complexity index is 530. The third-order valence-electron chi connectivity index (χ3n) is 2.38. The van der Waals surface area contributed by atoms with Crippen LogP contribution in [0, 0.1) is 5.82 Å². The first-order valence-electron chi connectivity index (χ1n) is 4.78. The summed E-state index contributed by atoms with van der Waals surface area (Å²) < 4.78 is 14.7. The molecule has 1 aromatic carbocycles. The summed E-state index contributed by atoms with van der Waals surface area (Å²) >= 11 is 13.1. The number of halogens is 3. The smallest absolute Gasteiger partial charge is 0.128 e. The van der Waals surface area contributed by atoms with E-state index in [9.17, 15) is 4.39 Å². The Morgan fingerprint density at radius 1 is 1.24 bits per heavy atom. The monoisotopic (exact) mass is 290 g/mol. The summed E-state index contributed by atoms with van der Waals surface area (Å²) in [5.74, 6) is 5.13. The Hall–Kier alpha value is -0.650. The van der Waals surface area contributed by atoms with Crippen molar-refractivity contribution in [2.45, 2.75) is 6.04 Å². The molecule has 6 heteroatoms. The SMILES string of the molecule is NNC(c1ccccc1F)c1cc(Cl)sc1Cl. The molecule has 0 amide bonds. The molecule has 0 aliphatic heterocycles. The molecule has 1 atom stereocenters. The van der Waals surface area contributed by atoms with E-state index in [-0.39, 0.29) is 5.82 Å². The van der Waals surface area contributed by atoms with Crippen LogP contribution in [-0.4, -0.2) is 0 Å². The summed E-state index contributed by atoms with van der Waals surface area (Å²) in [5, 5.41) is 0. The molecule has 2 aromatic rings. The van der Waals surface area contributed by atoms with Crippen LogP contribution in [0.15, 0.2) is 30.3 Å². The van der Waals surface area contributed by atoms with Crippen LogP contribution < -0.4 is 11.3 Å². The fourth-order valence-electron chi connectivity index (χ4n) is 1.61. The fraction of sp³-hybridized carbons (Fsp3) is 0.0909. The molecule has 90 valence electrons. The van der Waals surface area contributed by atoms with Crippen LogP contribution in [-0.2, 0) is 0 Å². The van der Waals surface area contributed by atoms with Gasteiger partial charge in [-0.1, -0.05) is 41.4 Å². The molecule has 1 unspecified atom stereocenters. The van der Waals surface area contributed by atoms with Crippen molar-refractivity contribution in [2.75, 3.05) is 0 Å². The van der Waals surface area contributed by atoms with Gasteiger partial charge in [-0.3, -0.25) is 5.84 Å². The molecule has 0 bridgehead atoms. The summed E-state index contributed by atoms with van der Waals surface area (Å²) in [7, 11) is 0. The predicted molar refractivity (Wildman–Crippen MR) is 69.9 cm³/mol. The number of hydrazine groups is 1. The van der Waals surface area contributed by atoms with Crippen molar-refractivity contribution in [3.63, 3.8) is 0 Å². The van der Waals surface area contributed by atoms with Gasteiger partial charge in [-0.25, -0.2) is 9.82 Å². The van der Waals surface area contributed by atoms with Gasteiger partial charge in [0.1, 0.15) is 5.82 Å². The Kier molecular flexibility index (Phi) is 4.01. The van der Waals surface area contributed by atoms with Gasteiger partial charge in [0.05, 0.1) is 14.7 Å². The van der Waals surface area contributed by atoms with E-state index in [0.29, 0.717) is 19.8 Å². The van der Waals surface area contributed by atoms with Gasteiger partial charge < -0.3 is 0 Å². The highest BCUT2D eigenvalue weighted by atomic mass is 35.5. The average molecular weight is 291 g/mol. The second-order valence-electron chi connectivity index (χ2n) is 3.40. The van der Waals surface area contributed by atoms with Gasteiger partial charge in [-0.05, 0) is 12.1 Å². The normalized spacial score (nSPS) is 12.7. The second kappa shape index (κ2) is 5.33. The number of thiophene rings is 1. The third kappa shape index (κ3) is 2.61. The zero-order valence-corrected chi connectivity index (χ0v) is 10.9. The average Bonchev–Trinajstić information content (AvgIpc) is 2.62. The zero-order valence-electron chi connectivity index (χ0n) is 8.58. The van der Waals surface area contributed by atoms with Crippen LogP contribution in [0.2, 0.25) is 8.67 Å². The van der Waals surface area contributed by atoms with Crippen LogP contribution in [0.4, 0.5) is 4.39 Å². The number of rotatable bonds is 3. The van der Waals surface area contributed by atoms with Crippen molar-refractivity contribution in [1.29, 1.82) is 0 Å². The molecule has 0 aliphatic carbocycles. The van der Waals surface area contributed by atoms with E-state index in [1.165, 1.54) is 17.4 Å². The minimum absolute atomic E-state index is 0.339. The van der Waals surface area contributed by atoms with Crippen LogP contribution in [0.3, 0.4) is 0 Å². The lowest BCUT2D eigenvalue weighted by molar-refractivity contribution is 0.561. The molecule has 0 fully saturated rings. The molecule has 0 saturated heterocycles. The first-order chi connectivity index (χ1) is 8.13. The van der Waals surface area contributed by atoms with E-state index in [1.807, 2.05) is 0 Å².